The molecule has 0 aliphatic heterocycles. The number of nitrogens with one attached hydrogen (secondary N) is 1. The van der Waals surface area contributed by atoms with E-state index in [4.69, 9.17) is 0 Å². The summed E-state index contributed by atoms with van der Waals surface area (Å²) in [5, 5.41) is 6.00. The van der Waals surface area contributed by atoms with E-state index in [1.807, 2.05) is 19.9 Å². The van der Waals surface area contributed by atoms with Crippen molar-refractivity contribution >= 4 is 21.4 Å². The largest absolute Gasteiger partial charge is 0.324 e. The van der Waals surface area contributed by atoms with Crippen molar-refractivity contribution < 1.29 is 17.6 Å². The lowest BCUT2D eigenvalue weighted by atomic mass is 10.1. The molecule has 0 radical (unpaired) electrons. The molecular formula is C20H18FN3O4S. The quantitative estimate of drug-likeness (QED) is 0.690. The fourth-order valence-corrected chi connectivity index (χ4v) is 4.05. The molecule has 0 aliphatic rings. The van der Waals surface area contributed by atoms with E-state index in [-0.39, 0.29) is 4.90 Å². The minimum Gasteiger partial charge on any atom is -0.324 e. The van der Waals surface area contributed by atoms with Crippen LogP contribution in [0.25, 0.3) is 0 Å². The zero-order chi connectivity index (χ0) is 21.2. The number of benzene rings is 2. The second-order valence-electron chi connectivity index (χ2n) is 6.55. The van der Waals surface area contributed by atoms with Crippen LogP contribution in [0, 0.1) is 19.7 Å². The summed E-state index contributed by atoms with van der Waals surface area (Å²) in [6.45, 7) is 3.29. The van der Waals surface area contributed by atoms with Gasteiger partial charge in [0.2, 0.25) is 15.7 Å². The van der Waals surface area contributed by atoms with Crippen LogP contribution in [0.15, 0.2) is 69.3 Å². The molecule has 1 heterocycles. The summed E-state index contributed by atoms with van der Waals surface area (Å²) >= 11 is 0. The first-order chi connectivity index (χ1) is 13.6. The van der Waals surface area contributed by atoms with Gasteiger partial charge in [-0.3, -0.25) is 9.59 Å². The summed E-state index contributed by atoms with van der Waals surface area (Å²) in [6, 6.07) is 12.0. The fraction of sp³-hybridized carbons (Fsp3) is 0.150. The molecular weight excluding hydrogens is 397 g/mol. The van der Waals surface area contributed by atoms with Crippen LogP contribution in [-0.2, 0) is 21.2 Å². The molecule has 1 aromatic heterocycles. The van der Waals surface area contributed by atoms with Gasteiger partial charge in [-0.15, -0.1) is 0 Å². The molecule has 7 nitrogen and oxygen atoms in total. The number of rotatable bonds is 5. The number of hydrogen-bond acceptors (Lipinski definition) is 5. The zero-order valence-electron chi connectivity index (χ0n) is 15.7. The lowest BCUT2D eigenvalue weighted by Crippen LogP contribution is -2.30. The lowest BCUT2D eigenvalue weighted by Gasteiger charge is -2.10. The number of halogens is 1. The highest BCUT2D eigenvalue weighted by molar-refractivity contribution is 7.91. The normalized spacial score (nSPS) is 11.3. The van der Waals surface area contributed by atoms with E-state index in [9.17, 15) is 22.4 Å². The van der Waals surface area contributed by atoms with Crippen molar-refractivity contribution in [2.75, 3.05) is 5.32 Å². The molecule has 1 amide bonds. The Morgan fingerprint density at radius 1 is 1.07 bits per heavy atom. The molecule has 0 saturated heterocycles. The van der Waals surface area contributed by atoms with Crippen LogP contribution >= 0.6 is 0 Å². The third-order valence-electron chi connectivity index (χ3n) is 4.02. The predicted molar refractivity (Wildman–Crippen MR) is 105 cm³/mol. The highest BCUT2D eigenvalue weighted by Crippen LogP contribution is 2.19. The summed E-state index contributed by atoms with van der Waals surface area (Å²) in [5.74, 6) is -1.25. The Morgan fingerprint density at radius 2 is 1.76 bits per heavy atom. The number of hydrogen-bond donors (Lipinski definition) is 1. The van der Waals surface area contributed by atoms with Crippen molar-refractivity contribution in [1.82, 2.24) is 9.78 Å². The molecule has 3 rings (SSSR count). The number of amides is 1. The van der Waals surface area contributed by atoms with Gasteiger partial charge in [0.25, 0.3) is 5.56 Å². The monoisotopic (exact) mass is 415 g/mol. The number of carbonyl (C=O) groups is 1. The number of carbonyl (C=O) groups excluding carboxylic acids is 1. The van der Waals surface area contributed by atoms with Crippen molar-refractivity contribution in [3.8, 4) is 0 Å². The Hall–Kier alpha value is -3.33. The number of anilines is 1. The van der Waals surface area contributed by atoms with E-state index in [1.54, 1.807) is 12.1 Å². The second-order valence-corrected chi connectivity index (χ2v) is 8.45. The summed E-state index contributed by atoms with van der Waals surface area (Å²) in [4.78, 5) is 24.1. The Bertz CT molecular complexity index is 1230. The number of nitrogens with zero attached hydrogens (tertiary/aromatic N) is 2. The lowest BCUT2D eigenvalue weighted by molar-refractivity contribution is -0.117. The first kappa shape index (κ1) is 20.4. The topological polar surface area (TPSA) is 98.1 Å². The molecule has 150 valence electrons. The molecule has 0 spiro atoms. The SMILES string of the molecule is Cc1cc(C)cc(NC(=O)Cn2nc(S(=O)(=O)c3cccc(F)c3)ccc2=O)c1. The zero-order valence-corrected chi connectivity index (χ0v) is 16.5. The summed E-state index contributed by atoms with van der Waals surface area (Å²) in [6.07, 6.45) is 0. The van der Waals surface area contributed by atoms with Crippen molar-refractivity contribution in [3.63, 3.8) is 0 Å². The number of sulfone groups is 1. The molecule has 0 atom stereocenters. The molecule has 0 unspecified atom stereocenters. The molecule has 2 aromatic carbocycles. The van der Waals surface area contributed by atoms with Gasteiger partial charge in [-0.2, -0.15) is 5.10 Å². The van der Waals surface area contributed by atoms with Crippen molar-refractivity contribution in [2.45, 2.75) is 30.3 Å². The Balaban J connectivity index is 1.87. The summed E-state index contributed by atoms with van der Waals surface area (Å²) < 4.78 is 39.5. The molecule has 3 aromatic rings. The summed E-state index contributed by atoms with van der Waals surface area (Å²) in [7, 11) is -4.15. The van der Waals surface area contributed by atoms with Gasteiger partial charge in [-0.25, -0.2) is 17.5 Å². The summed E-state index contributed by atoms with van der Waals surface area (Å²) in [5.41, 5.74) is 1.83. The van der Waals surface area contributed by atoms with Gasteiger partial charge in [0, 0.05) is 11.8 Å². The van der Waals surface area contributed by atoms with Crippen molar-refractivity contribution in [2.24, 2.45) is 0 Å². The third kappa shape index (κ3) is 4.75. The highest BCUT2D eigenvalue weighted by Gasteiger charge is 2.21. The molecule has 1 N–H and O–H groups in total. The van der Waals surface area contributed by atoms with Crippen LogP contribution in [0.1, 0.15) is 11.1 Å². The molecule has 9 heteroatoms. The minimum absolute atomic E-state index is 0.296. The maximum atomic E-state index is 13.4. The van der Waals surface area contributed by atoms with E-state index in [0.29, 0.717) is 5.69 Å². The van der Waals surface area contributed by atoms with Gasteiger partial charge in [0.05, 0.1) is 4.90 Å². The second kappa shape index (κ2) is 7.96. The van der Waals surface area contributed by atoms with Gasteiger partial charge >= 0.3 is 0 Å². The number of aromatic nitrogens is 2. The van der Waals surface area contributed by atoms with E-state index in [0.717, 1.165) is 40.1 Å². The first-order valence-electron chi connectivity index (χ1n) is 8.62. The van der Waals surface area contributed by atoms with Crippen LogP contribution in [-0.4, -0.2) is 24.1 Å². The molecule has 29 heavy (non-hydrogen) atoms. The molecule has 0 bridgehead atoms. The highest BCUT2D eigenvalue weighted by atomic mass is 32.2. The number of aryl methyl sites for hydroxylation is 2. The van der Waals surface area contributed by atoms with E-state index >= 15 is 0 Å². The van der Waals surface area contributed by atoms with Crippen LogP contribution < -0.4 is 10.9 Å². The van der Waals surface area contributed by atoms with E-state index < -0.39 is 38.7 Å². The average Bonchev–Trinajstić information content (AvgIpc) is 2.62. The van der Waals surface area contributed by atoms with Gasteiger partial charge in [-0.05, 0) is 61.4 Å². The fourth-order valence-electron chi connectivity index (χ4n) is 2.83. The third-order valence-corrected chi connectivity index (χ3v) is 5.67. The molecule has 0 aliphatic carbocycles. The van der Waals surface area contributed by atoms with Crippen LogP contribution in [0.5, 0.6) is 0 Å². The predicted octanol–water partition coefficient (Wildman–Crippen LogP) is 2.47. The Labute approximate surface area is 166 Å². The van der Waals surface area contributed by atoms with Crippen molar-refractivity contribution in [3.05, 3.63) is 81.9 Å². The Kier molecular flexibility index (Phi) is 5.60. The molecule has 0 saturated carbocycles. The smallest absolute Gasteiger partial charge is 0.267 e. The van der Waals surface area contributed by atoms with Crippen LogP contribution in [0.2, 0.25) is 0 Å². The van der Waals surface area contributed by atoms with Crippen LogP contribution in [0.3, 0.4) is 0 Å². The van der Waals surface area contributed by atoms with Crippen molar-refractivity contribution in [1.29, 1.82) is 0 Å². The first-order valence-corrected chi connectivity index (χ1v) is 10.1. The van der Waals surface area contributed by atoms with Gasteiger partial charge in [-0.1, -0.05) is 12.1 Å². The average molecular weight is 415 g/mol. The van der Waals surface area contributed by atoms with E-state index in [1.165, 1.54) is 12.1 Å². The van der Waals surface area contributed by atoms with E-state index in [2.05, 4.69) is 10.4 Å². The Morgan fingerprint density at radius 3 is 2.41 bits per heavy atom. The molecule has 0 fully saturated rings. The van der Waals surface area contributed by atoms with Crippen LogP contribution in [0.4, 0.5) is 10.1 Å². The van der Waals surface area contributed by atoms with Gasteiger partial charge < -0.3 is 5.32 Å². The standard InChI is InChI=1S/C20H18FN3O4S/c1-13-8-14(2)10-16(9-13)22-18(25)12-24-20(26)7-6-19(23-24)29(27,28)17-5-3-4-15(21)11-17/h3-11H,12H2,1-2H3,(H,22,25). The minimum atomic E-state index is -4.15. The van der Waals surface area contributed by atoms with Gasteiger partial charge in [0.1, 0.15) is 12.4 Å². The van der Waals surface area contributed by atoms with Gasteiger partial charge in [0.15, 0.2) is 5.03 Å². The maximum absolute atomic E-state index is 13.4. The maximum Gasteiger partial charge on any atom is 0.267 e.